The molecule has 1 saturated carbocycles. The second kappa shape index (κ2) is 10.0. The van der Waals surface area contributed by atoms with E-state index in [9.17, 15) is 18.0 Å². The molecule has 2 aliphatic rings. The van der Waals surface area contributed by atoms with Crippen molar-refractivity contribution in [1.29, 1.82) is 0 Å². The van der Waals surface area contributed by atoms with Crippen molar-refractivity contribution in [3.05, 3.63) is 64.9 Å². The highest BCUT2D eigenvalue weighted by Gasteiger charge is 2.36. The van der Waals surface area contributed by atoms with E-state index in [2.05, 4.69) is 5.32 Å². The Morgan fingerprint density at radius 2 is 1.91 bits per heavy atom. The van der Waals surface area contributed by atoms with E-state index in [4.69, 9.17) is 21.7 Å². The summed E-state index contributed by atoms with van der Waals surface area (Å²) in [4.78, 5) is 14.7. The third-order valence-electron chi connectivity index (χ3n) is 6.02. The molecule has 4 rings (SSSR count). The van der Waals surface area contributed by atoms with Crippen LogP contribution in [0.15, 0.2) is 48.2 Å². The fourth-order valence-corrected chi connectivity index (χ4v) is 4.65. The molecule has 180 valence electrons. The van der Waals surface area contributed by atoms with Gasteiger partial charge in [-0.05, 0) is 67.0 Å². The van der Waals surface area contributed by atoms with Gasteiger partial charge in [-0.1, -0.05) is 31.4 Å². The third kappa shape index (κ3) is 5.35. The number of nitrogens with zero attached hydrogens (tertiary/aromatic N) is 1. The monoisotopic (exact) mass is 490 g/mol. The molecular weight excluding hydrogens is 465 g/mol. The highest BCUT2D eigenvalue weighted by Crippen LogP contribution is 2.32. The first-order valence-corrected chi connectivity index (χ1v) is 11.5. The molecule has 2 fully saturated rings. The van der Waals surface area contributed by atoms with E-state index in [1.807, 2.05) is 0 Å². The summed E-state index contributed by atoms with van der Waals surface area (Å²) >= 11 is 5.42. The van der Waals surface area contributed by atoms with Crippen LogP contribution in [0.1, 0.15) is 48.8 Å². The Hall–Kier alpha value is -3.07. The van der Waals surface area contributed by atoms with E-state index in [0.29, 0.717) is 27.7 Å². The van der Waals surface area contributed by atoms with Gasteiger partial charge in [0.05, 0.1) is 12.7 Å². The number of rotatable bonds is 6. The minimum Gasteiger partial charge on any atom is -0.496 e. The molecule has 1 amide bonds. The van der Waals surface area contributed by atoms with Crippen LogP contribution in [0, 0.1) is 0 Å². The van der Waals surface area contributed by atoms with Crippen LogP contribution in [0.5, 0.6) is 11.5 Å². The highest BCUT2D eigenvalue weighted by atomic mass is 32.1. The van der Waals surface area contributed by atoms with E-state index in [0.717, 1.165) is 37.8 Å². The van der Waals surface area contributed by atoms with E-state index in [1.54, 1.807) is 29.2 Å². The van der Waals surface area contributed by atoms with Crippen molar-refractivity contribution in [3.63, 3.8) is 0 Å². The Bertz CT molecular complexity index is 1110. The first kappa shape index (κ1) is 24.1. The van der Waals surface area contributed by atoms with Crippen LogP contribution >= 0.6 is 12.2 Å². The Morgan fingerprint density at radius 3 is 2.62 bits per heavy atom. The number of thiocarbonyl (C=S) groups is 1. The van der Waals surface area contributed by atoms with Gasteiger partial charge in [-0.3, -0.25) is 9.69 Å². The minimum absolute atomic E-state index is 0.00448. The molecule has 1 saturated heterocycles. The highest BCUT2D eigenvalue weighted by molar-refractivity contribution is 7.80. The van der Waals surface area contributed by atoms with Gasteiger partial charge in [0.1, 0.15) is 23.8 Å². The summed E-state index contributed by atoms with van der Waals surface area (Å²) in [7, 11) is 1.50. The Labute approximate surface area is 201 Å². The van der Waals surface area contributed by atoms with Crippen LogP contribution in [0.25, 0.3) is 6.08 Å². The molecule has 0 radical (unpaired) electrons. The van der Waals surface area contributed by atoms with Crippen molar-refractivity contribution in [2.75, 3.05) is 7.11 Å². The maximum Gasteiger partial charge on any atom is 0.416 e. The lowest BCUT2D eigenvalue weighted by atomic mass is 9.94. The van der Waals surface area contributed by atoms with Gasteiger partial charge in [0.2, 0.25) is 0 Å². The lowest BCUT2D eigenvalue weighted by Crippen LogP contribution is -2.41. The number of amides is 1. The second-order valence-corrected chi connectivity index (χ2v) is 8.73. The normalized spacial score (nSPS) is 18.4. The number of halogens is 3. The van der Waals surface area contributed by atoms with E-state index in [1.165, 1.54) is 25.7 Å². The van der Waals surface area contributed by atoms with Gasteiger partial charge in [-0.25, -0.2) is 0 Å². The van der Waals surface area contributed by atoms with Crippen molar-refractivity contribution >= 4 is 29.3 Å². The lowest BCUT2D eigenvalue weighted by molar-refractivity contribution is -0.137. The molecule has 1 heterocycles. The smallest absolute Gasteiger partial charge is 0.416 e. The molecule has 1 aliphatic carbocycles. The van der Waals surface area contributed by atoms with Gasteiger partial charge in [0.25, 0.3) is 5.91 Å². The summed E-state index contributed by atoms with van der Waals surface area (Å²) in [6.07, 6.45) is 2.51. The first-order valence-electron chi connectivity index (χ1n) is 11.1. The molecule has 0 unspecified atom stereocenters. The van der Waals surface area contributed by atoms with Crippen molar-refractivity contribution in [2.45, 2.75) is 50.9 Å². The van der Waals surface area contributed by atoms with Gasteiger partial charge in [-0.15, -0.1) is 0 Å². The SMILES string of the molecule is COc1ccc(/C=C2/NC(=S)N(C3CCCCC3)C2=O)cc1COc1cccc(C(F)(F)F)c1. The quantitative estimate of drug-likeness (QED) is 0.417. The molecule has 1 N–H and O–H groups in total. The summed E-state index contributed by atoms with van der Waals surface area (Å²) in [5.74, 6) is 0.482. The Morgan fingerprint density at radius 1 is 1.15 bits per heavy atom. The standard InChI is InChI=1S/C25H25F3N2O3S/c1-32-22-11-10-16(12-17(22)15-33-20-9-5-6-18(14-20)25(26,27)28)13-21-23(31)30(24(34)29-21)19-7-3-2-4-8-19/h5-6,9-14,19H,2-4,7-8,15H2,1H3,(H,29,34)/b21-13+. The third-order valence-corrected chi connectivity index (χ3v) is 6.32. The summed E-state index contributed by atoms with van der Waals surface area (Å²) in [6.45, 7) is -0.00448. The molecule has 0 atom stereocenters. The average Bonchev–Trinajstić information content (AvgIpc) is 3.10. The van der Waals surface area contributed by atoms with Gasteiger partial charge in [-0.2, -0.15) is 13.2 Å². The maximum atomic E-state index is 13.0. The number of carbonyl (C=O) groups is 1. The van der Waals surface area contributed by atoms with Crippen LogP contribution in [-0.4, -0.2) is 29.1 Å². The molecular formula is C25H25F3N2O3S. The van der Waals surface area contributed by atoms with Crippen LogP contribution < -0.4 is 14.8 Å². The molecule has 34 heavy (non-hydrogen) atoms. The number of hydrogen-bond acceptors (Lipinski definition) is 4. The summed E-state index contributed by atoms with van der Waals surface area (Å²) < 4.78 is 49.9. The first-order chi connectivity index (χ1) is 16.3. The molecule has 0 bridgehead atoms. The number of carbonyl (C=O) groups excluding carboxylic acids is 1. The van der Waals surface area contributed by atoms with Crippen molar-refractivity contribution < 1.29 is 27.4 Å². The summed E-state index contributed by atoms with van der Waals surface area (Å²) in [5, 5.41) is 3.45. The zero-order chi connectivity index (χ0) is 24.3. The van der Waals surface area contributed by atoms with Crippen LogP contribution in [0.2, 0.25) is 0 Å². The average molecular weight is 491 g/mol. The van der Waals surface area contributed by atoms with Crippen molar-refractivity contribution in [2.24, 2.45) is 0 Å². The number of alkyl halides is 3. The van der Waals surface area contributed by atoms with Crippen LogP contribution in [-0.2, 0) is 17.6 Å². The maximum absolute atomic E-state index is 13.0. The molecule has 1 aliphatic heterocycles. The van der Waals surface area contributed by atoms with Crippen LogP contribution in [0.4, 0.5) is 13.2 Å². The van der Waals surface area contributed by atoms with Gasteiger partial charge in [0.15, 0.2) is 5.11 Å². The van der Waals surface area contributed by atoms with E-state index in [-0.39, 0.29) is 24.3 Å². The Kier molecular flexibility index (Phi) is 7.11. The fourth-order valence-electron chi connectivity index (χ4n) is 4.31. The van der Waals surface area contributed by atoms with E-state index < -0.39 is 11.7 Å². The zero-order valence-electron chi connectivity index (χ0n) is 18.7. The largest absolute Gasteiger partial charge is 0.496 e. The lowest BCUT2D eigenvalue weighted by Gasteiger charge is -2.29. The summed E-state index contributed by atoms with van der Waals surface area (Å²) in [6, 6.07) is 10.1. The predicted molar refractivity (Wildman–Crippen MR) is 126 cm³/mol. The topological polar surface area (TPSA) is 50.8 Å². The molecule has 2 aromatic carbocycles. The molecule has 2 aromatic rings. The number of methoxy groups -OCH3 is 1. The second-order valence-electron chi connectivity index (χ2n) is 8.34. The molecule has 9 heteroatoms. The van der Waals surface area contributed by atoms with Crippen molar-refractivity contribution in [1.82, 2.24) is 10.2 Å². The minimum atomic E-state index is -4.45. The molecule has 0 aromatic heterocycles. The van der Waals surface area contributed by atoms with Gasteiger partial charge >= 0.3 is 6.18 Å². The molecule has 5 nitrogen and oxygen atoms in total. The fraction of sp³-hybridized carbons (Fsp3) is 0.360. The van der Waals surface area contributed by atoms with Gasteiger partial charge in [0, 0.05) is 11.6 Å². The zero-order valence-corrected chi connectivity index (χ0v) is 19.5. The predicted octanol–water partition coefficient (Wildman–Crippen LogP) is 5.68. The number of nitrogens with one attached hydrogen (secondary N) is 1. The van der Waals surface area contributed by atoms with Gasteiger partial charge < -0.3 is 14.8 Å². The number of hydrogen-bond donors (Lipinski definition) is 1. The van der Waals surface area contributed by atoms with Crippen LogP contribution in [0.3, 0.4) is 0 Å². The molecule has 0 spiro atoms. The Balaban J connectivity index is 1.52. The number of ether oxygens (including phenoxy) is 2. The summed E-state index contributed by atoms with van der Waals surface area (Å²) in [5.41, 5.74) is 0.962. The van der Waals surface area contributed by atoms with Crippen molar-refractivity contribution in [3.8, 4) is 11.5 Å². The number of benzene rings is 2. The van der Waals surface area contributed by atoms with E-state index >= 15 is 0 Å².